The van der Waals surface area contributed by atoms with E-state index in [1.165, 1.54) is 22.3 Å². The molecule has 8 heteroatoms. The Morgan fingerprint density at radius 1 is 0.383 bits per heavy atom. The molecule has 4 aromatic carbocycles. The Labute approximate surface area is 355 Å². The van der Waals surface area contributed by atoms with E-state index in [0.717, 1.165) is 101 Å². The van der Waals surface area contributed by atoms with Crippen molar-refractivity contribution >= 4 is 12.2 Å². The normalized spacial score (nSPS) is 13.4. The molecule has 0 bridgehead atoms. The van der Waals surface area contributed by atoms with Crippen molar-refractivity contribution in [3.63, 3.8) is 0 Å². The van der Waals surface area contributed by atoms with Gasteiger partial charge in [0, 0.05) is 0 Å². The Morgan fingerprint density at radius 3 is 1.03 bits per heavy atom. The summed E-state index contributed by atoms with van der Waals surface area (Å²) in [5.74, 6) is 0. The Kier molecular flexibility index (Phi) is 22.4. The van der Waals surface area contributed by atoms with E-state index in [0.29, 0.717) is 12.8 Å². The summed E-state index contributed by atoms with van der Waals surface area (Å²) in [6.45, 7) is -0.0415. The minimum atomic E-state index is -4.34. The number of hydrogen-bond donors (Lipinski definition) is 0. The SMILES string of the molecule is FC(F)(F)[C@H](CCCCCCCCC/C=C/c1ccc(-c2ccc(/C=C/CCCCCCCCC[C@H](OCc3ccccc3)C(F)(F)F)cc2)cc1)OCc1ccccc1. The Hall–Kier alpha value is -4.14. The fraction of sp³-hybridized carbons (Fsp3) is 0.462. The van der Waals surface area contributed by atoms with Crippen LogP contribution in [0.15, 0.2) is 121 Å². The molecule has 0 spiro atoms. The van der Waals surface area contributed by atoms with Crippen molar-refractivity contribution in [1.82, 2.24) is 0 Å². The minimum Gasteiger partial charge on any atom is -0.364 e. The smallest absolute Gasteiger partial charge is 0.364 e. The average molecular weight is 835 g/mol. The van der Waals surface area contributed by atoms with E-state index in [9.17, 15) is 26.3 Å². The van der Waals surface area contributed by atoms with E-state index >= 15 is 0 Å². The highest BCUT2D eigenvalue weighted by Crippen LogP contribution is 2.30. The summed E-state index contributed by atoms with van der Waals surface area (Å²) in [5, 5.41) is 0. The maximum Gasteiger partial charge on any atom is 0.414 e. The highest BCUT2D eigenvalue weighted by Gasteiger charge is 2.40. The first kappa shape index (κ1) is 48.5. The van der Waals surface area contributed by atoms with Gasteiger partial charge in [0.25, 0.3) is 0 Å². The summed E-state index contributed by atoms with van der Waals surface area (Å²) in [7, 11) is 0. The van der Waals surface area contributed by atoms with Gasteiger partial charge in [0.2, 0.25) is 0 Å². The molecule has 0 aliphatic rings. The molecule has 0 saturated heterocycles. The molecule has 326 valence electrons. The van der Waals surface area contributed by atoms with Crippen molar-refractivity contribution < 1.29 is 35.8 Å². The van der Waals surface area contributed by atoms with Crippen LogP contribution in [0.5, 0.6) is 0 Å². The number of unbranched alkanes of at least 4 members (excludes halogenated alkanes) is 14. The van der Waals surface area contributed by atoms with Gasteiger partial charge in [-0.1, -0.05) is 211 Å². The second kappa shape index (κ2) is 27.7. The third kappa shape index (κ3) is 20.4. The first-order valence-electron chi connectivity index (χ1n) is 22.1. The van der Waals surface area contributed by atoms with Crippen LogP contribution >= 0.6 is 0 Å². The van der Waals surface area contributed by atoms with Crippen LogP contribution in [0.3, 0.4) is 0 Å². The van der Waals surface area contributed by atoms with Gasteiger partial charge >= 0.3 is 12.4 Å². The largest absolute Gasteiger partial charge is 0.414 e. The minimum absolute atomic E-state index is 0.0122. The number of allylic oxidation sites excluding steroid dienone is 2. The summed E-state index contributed by atoms with van der Waals surface area (Å²) < 4.78 is 90.9. The van der Waals surface area contributed by atoms with Crippen LogP contribution in [0, 0.1) is 0 Å². The molecule has 0 aromatic heterocycles. The first-order chi connectivity index (χ1) is 29.1. The van der Waals surface area contributed by atoms with Crippen molar-refractivity contribution in [3.05, 3.63) is 144 Å². The van der Waals surface area contributed by atoms with Gasteiger partial charge in [-0.05, 0) is 71.9 Å². The molecule has 0 aliphatic carbocycles. The number of alkyl halides is 6. The van der Waals surface area contributed by atoms with Crippen LogP contribution in [-0.2, 0) is 22.7 Å². The van der Waals surface area contributed by atoms with E-state index < -0.39 is 24.6 Å². The van der Waals surface area contributed by atoms with E-state index in [1.807, 2.05) is 12.1 Å². The molecule has 2 nitrogen and oxygen atoms in total. The van der Waals surface area contributed by atoms with Crippen LogP contribution in [0.2, 0.25) is 0 Å². The molecule has 0 aliphatic heterocycles. The molecular weight excluding hydrogens is 771 g/mol. The molecule has 0 radical (unpaired) electrons. The quantitative estimate of drug-likeness (QED) is 0.0401. The summed E-state index contributed by atoms with van der Waals surface area (Å²) in [5.41, 5.74) is 6.19. The monoisotopic (exact) mass is 834 g/mol. The number of benzene rings is 4. The van der Waals surface area contributed by atoms with Crippen molar-refractivity contribution in [2.24, 2.45) is 0 Å². The summed E-state index contributed by atoms with van der Waals surface area (Å²) in [6.07, 6.45) is 12.0. The zero-order valence-electron chi connectivity index (χ0n) is 35.1. The Balaban J connectivity index is 0.987. The lowest BCUT2D eigenvalue weighted by Gasteiger charge is -2.21. The summed E-state index contributed by atoms with van der Waals surface area (Å²) in [6, 6.07) is 35.2. The van der Waals surface area contributed by atoms with Crippen molar-refractivity contribution in [1.29, 1.82) is 0 Å². The highest BCUT2D eigenvalue weighted by molar-refractivity contribution is 5.67. The predicted molar refractivity (Wildman–Crippen MR) is 235 cm³/mol. The third-order valence-corrected chi connectivity index (χ3v) is 10.8. The number of hydrogen-bond acceptors (Lipinski definition) is 2. The molecule has 0 saturated carbocycles. The molecule has 0 N–H and O–H groups in total. The molecular formula is C52H64F6O2. The zero-order chi connectivity index (χ0) is 42.7. The summed E-state index contributed by atoms with van der Waals surface area (Å²) >= 11 is 0. The third-order valence-electron chi connectivity index (χ3n) is 10.8. The topological polar surface area (TPSA) is 18.5 Å². The molecule has 0 amide bonds. The van der Waals surface area contributed by atoms with E-state index in [4.69, 9.17) is 9.47 Å². The predicted octanol–water partition coefficient (Wildman–Crippen LogP) is 16.7. The molecule has 0 fully saturated rings. The fourth-order valence-electron chi connectivity index (χ4n) is 7.19. The van der Waals surface area contributed by atoms with Gasteiger partial charge in [-0.3, -0.25) is 0 Å². The fourth-order valence-corrected chi connectivity index (χ4v) is 7.19. The van der Waals surface area contributed by atoms with Crippen LogP contribution in [-0.4, -0.2) is 24.6 Å². The van der Waals surface area contributed by atoms with Crippen molar-refractivity contribution in [3.8, 4) is 11.1 Å². The number of ether oxygens (including phenoxy) is 2. The number of rotatable bonds is 29. The molecule has 0 heterocycles. The molecule has 60 heavy (non-hydrogen) atoms. The lowest BCUT2D eigenvalue weighted by molar-refractivity contribution is -0.226. The van der Waals surface area contributed by atoms with E-state index in [-0.39, 0.29) is 26.1 Å². The maximum atomic E-state index is 13.4. The summed E-state index contributed by atoms with van der Waals surface area (Å²) in [4.78, 5) is 0. The maximum absolute atomic E-state index is 13.4. The standard InChI is InChI=1S/C52H64F6O2/c53-51(54,55)49(59-41-45-27-19-15-20-28-45)31-23-13-9-5-1-3-7-11-17-25-43-33-37-47(38-34-43)48-39-35-44(36-40-48)26-18-12-8-4-2-6-10-14-24-32-50(52(56,57)58)60-42-46-29-21-16-22-30-46/h15-22,25-30,33-40,49-50H,1-14,23-24,31-32,41-42H2/b25-17+,26-18+/t49-,50-/m0/s1. The van der Waals surface area contributed by atoms with Gasteiger partial charge in [0.15, 0.2) is 12.2 Å². The van der Waals surface area contributed by atoms with Gasteiger partial charge in [-0.15, -0.1) is 0 Å². The first-order valence-corrected chi connectivity index (χ1v) is 22.1. The second-order valence-electron chi connectivity index (χ2n) is 15.8. The molecule has 0 unspecified atom stereocenters. The van der Waals surface area contributed by atoms with Gasteiger partial charge in [0.1, 0.15) is 0 Å². The van der Waals surface area contributed by atoms with Crippen LogP contribution in [0.25, 0.3) is 23.3 Å². The lowest BCUT2D eigenvalue weighted by atomic mass is 10.0. The van der Waals surface area contributed by atoms with Crippen LogP contribution in [0.4, 0.5) is 26.3 Å². The Bertz CT molecular complexity index is 1600. The van der Waals surface area contributed by atoms with Gasteiger partial charge < -0.3 is 9.47 Å². The molecule has 2 atom stereocenters. The Morgan fingerprint density at radius 2 is 0.700 bits per heavy atom. The van der Waals surface area contributed by atoms with Gasteiger partial charge in [0.05, 0.1) is 13.2 Å². The van der Waals surface area contributed by atoms with E-state index in [1.54, 1.807) is 48.5 Å². The average Bonchev–Trinajstić information content (AvgIpc) is 3.24. The molecule has 4 rings (SSSR count). The number of halogens is 6. The van der Waals surface area contributed by atoms with Gasteiger partial charge in [-0.2, -0.15) is 26.3 Å². The lowest BCUT2D eigenvalue weighted by Crippen LogP contribution is -2.31. The van der Waals surface area contributed by atoms with E-state index in [2.05, 4.69) is 72.8 Å². The zero-order valence-corrected chi connectivity index (χ0v) is 35.1. The second-order valence-corrected chi connectivity index (χ2v) is 15.8. The van der Waals surface area contributed by atoms with Crippen molar-refractivity contribution in [2.45, 2.75) is 153 Å². The van der Waals surface area contributed by atoms with Crippen LogP contribution in [0.1, 0.15) is 138 Å². The highest BCUT2D eigenvalue weighted by atomic mass is 19.4. The van der Waals surface area contributed by atoms with Gasteiger partial charge in [-0.25, -0.2) is 0 Å². The van der Waals surface area contributed by atoms with Crippen molar-refractivity contribution in [2.75, 3.05) is 0 Å². The van der Waals surface area contributed by atoms with Crippen LogP contribution < -0.4 is 0 Å². The molecule has 4 aromatic rings.